The molecule has 0 spiro atoms. The van der Waals surface area contributed by atoms with Gasteiger partial charge in [0.25, 0.3) is 0 Å². The van der Waals surface area contributed by atoms with Crippen LogP contribution >= 0.6 is 0 Å². The van der Waals surface area contributed by atoms with Crippen molar-refractivity contribution >= 4 is 28.3 Å². The number of imidazole rings is 1. The molecule has 2 heterocycles. The van der Waals surface area contributed by atoms with Gasteiger partial charge in [-0.1, -0.05) is 12.1 Å². The van der Waals surface area contributed by atoms with Crippen molar-refractivity contribution in [1.82, 2.24) is 9.55 Å². The topological polar surface area (TPSA) is 59.4 Å². The van der Waals surface area contributed by atoms with E-state index in [4.69, 9.17) is 4.74 Å². The van der Waals surface area contributed by atoms with Gasteiger partial charge in [0.2, 0.25) is 5.91 Å². The summed E-state index contributed by atoms with van der Waals surface area (Å²) in [4.78, 5) is 19.1. The Morgan fingerprint density at radius 3 is 2.85 bits per heavy atom. The Labute approximate surface area is 158 Å². The maximum atomic E-state index is 12.4. The van der Waals surface area contributed by atoms with Gasteiger partial charge in [0.1, 0.15) is 6.54 Å². The molecular weight excluding hydrogens is 340 g/mol. The van der Waals surface area contributed by atoms with Gasteiger partial charge in [-0.3, -0.25) is 4.79 Å². The van der Waals surface area contributed by atoms with Crippen molar-refractivity contribution in [3.8, 4) is 0 Å². The third kappa shape index (κ3) is 3.95. The molecule has 6 heteroatoms. The molecule has 1 aliphatic heterocycles. The highest BCUT2D eigenvalue weighted by Gasteiger charge is 2.19. The summed E-state index contributed by atoms with van der Waals surface area (Å²) in [6.45, 7) is 2.19. The second-order valence-electron chi connectivity index (χ2n) is 6.90. The van der Waals surface area contributed by atoms with Crippen molar-refractivity contribution in [1.29, 1.82) is 0 Å². The van der Waals surface area contributed by atoms with Gasteiger partial charge in [-0.05, 0) is 49.2 Å². The molecule has 140 valence electrons. The van der Waals surface area contributed by atoms with Gasteiger partial charge in [0, 0.05) is 31.6 Å². The van der Waals surface area contributed by atoms with E-state index in [-0.39, 0.29) is 12.5 Å². The number of piperidine rings is 1. The largest absolute Gasteiger partial charge is 0.380 e. The molecular formula is C21H24N4O2. The summed E-state index contributed by atoms with van der Waals surface area (Å²) in [5, 5.41) is 2.96. The first-order valence-electron chi connectivity index (χ1n) is 9.30. The van der Waals surface area contributed by atoms with E-state index in [0.29, 0.717) is 6.10 Å². The molecule has 6 nitrogen and oxygen atoms in total. The van der Waals surface area contributed by atoms with E-state index in [9.17, 15) is 4.79 Å². The number of carbonyl (C=O) groups is 1. The molecule has 1 amide bonds. The molecule has 2 aromatic carbocycles. The molecule has 4 rings (SSSR count). The molecule has 0 radical (unpaired) electrons. The highest BCUT2D eigenvalue weighted by molar-refractivity contribution is 5.91. The first kappa shape index (κ1) is 17.5. The predicted octanol–water partition coefficient (Wildman–Crippen LogP) is 3.29. The Kier molecular flexibility index (Phi) is 5.07. The Morgan fingerprint density at radius 1 is 1.22 bits per heavy atom. The van der Waals surface area contributed by atoms with Crippen LogP contribution in [0.2, 0.25) is 0 Å². The Morgan fingerprint density at radius 2 is 2.04 bits per heavy atom. The van der Waals surface area contributed by atoms with Crippen molar-refractivity contribution in [2.45, 2.75) is 25.5 Å². The second-order valence-corrected chi connectivity index (χ2v) is 6.90. The number of fused-ring (bicyclic) bond motifs is 1. The molecule has 1 saturated heterocycles. The van der Waals surface area contributed by atoms with Gasteiger partial charge in [-0.25, -0.2) is 4.98 Å². The van der Waals surface area contributed by atoms with Crippen LogP contribution < -0.4 is 10.2 Å². The highest BCUT2D eigenvalue weighted by Crippen LogP contribution is 2.23. The summed E-state index contributed by atoms with van der Waals surface area (Å²) in [6.07, 6.45) is 4.25. The fraction of sp³-hybridized carbons (Fsp3) is 0.333. The van der Waals surface area contributed by atoms with E-state index in [1.54, 1.807) is 13.4 Å². The first-order valence-corrected chi connectivity index (χ1v) is 9.30. The zero-order valence-electron chi connectivity index (χ0n) is 15.5. The molecule has 1 fully saturated rings. The number of nitrogens with zero attached hydrogens (tertiary/aromatic N) is 3. The lowest BCUT2D eigenvalue weighted by atomic mass is 10.1. The summed E-state index contributed by atoms with van der Waals surface area (Å²) in [7, 11) is 1.77. The van der Waals surface area contributed by atoms with Gasteiger partial charge in [0.05, 0.1) is 23.5 Å². The zero-order valence-corrected chi connectivity index (χ0v) is 15.5. The van der Waals surface area contributed by atoms with Crippen LogP contribution in [0.25, 0.3) is 11.0 Å². The van der Waals surface area contributed by atoms with Gasteiger partial charge >= 0.3 is 0 Å². The number of benzene rings is 2. The minimum Gasteiger partial charge on any atom is -0.380 e. The maximum Gasteiger partial charge on any atom is 0.244 e. The molecule has 0 bridgehead atoms. The molecule has 1 aliphatic rings. The number of aromatic nitrogens is 2. The summed E-state index contributed by atoms with van der Waals surface area (Å²) >= 11 is 0. The lowest BCUT2D eigenvalue weighted by molar-refractivity contribution is -0.116. The average Bonchev–Trinajstić information content (AvgIpc) is 3.11. The van der Waals surface area contributed by atoms with Gasteiger partial charge in [-0.2, -0.15) is 0 Å². The first-order chi connectivity index (χ1) is 13.2. The van der Waals surface area contributed by atoms with E-state index in [2.05, 4.69) is 27.3 Å². The maximum absolute atomic E-state index is 12.4. The van der Waals surface area contributed by atoms with Crippen molar-refractivity contribution in [2.24, 2.45) is 0 Å². The fourth-order valence-electron chi connectivity index (χ4n) is 3.61. The molecule has 0 aliphatic carbocycles. The monoisotopic (exact) mass is 364 g/mol. The third-order valence-corrected chi connectivity index (χ3v) is 5.07. The van der Waals surface area contributed by atoms with Crippen molar-refractivity contribution < 1.29 is 9.53 Å². The van der Waals surface area contributed by atoms with Crippen LogP contribution in [-0.4, -0.2) is 41.8 Å². The highest BCUT2D eigenvalue weighted by atomic mass is 16.5. The lowest BCUT2D eigenvalue weighted by Crippen LogP contribution is -2.39. The average molecular weight is 364 g/mol. The number of hydrogen-bond donors (Lipinski definition) is 1. The third-order valence-electron chi connectivity index (χ3n) is 5.07. The predicted molar refractivity (Wildman–Crippen MR) is 107 cm³/mol. The molecule has 1 aromatic heterocycles. The summed E-state index contributed by atoms with van der Waals surface area (Å²) < 4.78 is 7.35. The number of para-hydroxylation sites is 2. The smallest absolute Gasteiger partial charge is 0.244 e. The number of nitrogens with one attached hydrogen (secondary N) is 1. The number of hydrogen-bond acceptors (Lipinski definition) is 4. The normalized spacial score (nSPS) is 17.2. The van der Waals surface area contributed by atoms with Crippen molar-refractivity contribution in [3.05, 3.63) is 54.9 Å². The van der Waals surface area contributed by atoms with E-state index in [0.717, 1.165) is 48.3 Å². The van der Waals surface area contributed by atoms with Crippen LogP contribution in [0.1, 0.15) is 12.8 Å². The SMILES string of the molecule is COC1CCCN(c2ccc(NC(=O)Cn3cnc4ccccc43)cc2)C1. The number of anilines is 2. The lowest BCUT2D eigenvalue weighted by Gasteiger charge is -2.33. The second kappa shape index (κ2) is 7.80. The van der Waals surface area contributed by atoms with Crippen LogP contribution in [0.15, 0.2) is 54.9 Å². The molecule has 27 heavy (non-hydrogen) atoms. The van der Waals surface area contributed by atoms with Gasteiger partial charge in [0.15, 0.2) is 0 Å². The number of amides is 1. The van der Waals surface area contributed by atoms with Gasteiger partial charge in [-0.15, -0.1) is 0 Å². The standard InChI is InChI=1S/C21H24N4O2/c1-27-18-5-4-12-24(13-18)17-10-8-16(9-11-17)23-21(26)14-25-15-22-19-6-2-3-7-20(19)25/h2-3,6-11,15,18H,4-5,12-14H2,1H3,(H,23,26). The summed E-state index contributed by atoms with van der Waals surface area (Å²) in [6, 6.07) is 15.8. The van der Waals surface area contributed by atoms with E-state index in [1.807, 2.05) is 41.0 Å². The molecule has 1 N–H and O–H groups in total. The van der Waals surface area contributed by atoms with E-state index in [1.165, 1.54) is 0 Å². The molecule has 0 saturated carbocycles. The zero-order chi connectivity index (χ0) is 18.6. The Bertz CT molecular complexity index is 919. The van der Waals surface area contributed by atoms with Crippen LogP contribution in [-0.2, 0) is 16.1 Å². The molecule has 1 unspecified atom stereocenters. The van der Waals surface area contributed by atoms with Crippen LogP contribution in [0, 0.1) is 0 Å². The Balaban J connectivity index is 1.38. The van der Waals surface area contributed by atoms with Crippen LogP contribution in [0.5, 0.6) is 0 Å². The number of ether oxygens (including phenoxy) is 1. The van der Waals surface area contributed by atoms with Gasteiger partial charge < -0.3 is 19.5 Å². The number of methoxy groups -OCH3 is 1. The summed E-state index contributed by atoms with van der Waals surface area (Å²) in [5.41, 5.74) is 3.81. The van der Waals surface area contributed by atoms with Crippen molar-refractivity contribution in [3.63, 3.8) is 0 Å². The minimum atomic E-state index is -0.0664. The number of rotatable bonds is 5. The number of carbonyl (C=O) groups excluding carboxylic acids is 1. The summed E-state index contributed by atoms with van der Waals surface area (Å²) in [5.74, 6) is -0.0664. The van der Waals surface area contributed by atoms with Crippen LogP contribution in [0.4, 0.5) is 11.4 Å². The minimum absolute atomic E-state index is 0.0664. The molecule has 1 atom stereocenters. The quantitative estimate of drug-likeness (QED) is 0.755. The Hall–Kier alpha value is -2.86. The fourth-order valence-corrected chi connectivity index (χ4v) is 3.61. The van der Waals surface area contributed by atoms with E-state index >= 15 is 0 Å². The molecule has 3 aromatic rings. The van der Waals surface area contributed by atoms with Crippen LogP contribution in [0.3, 0.4) is 0 Å². The van der Waals surface area contributed by atoms with E-state index < -0.39 is 0 Å². The van der Waals surface area contributed by atoms with Crippen molar-refractivity contribution in [2.75, 3.05) is 30.4 Å².